The van der Waals surface area contributed by atoms with Crippen LogP contribution in [0.15, 0.2) is 18.2 Å². The molecule has 0 amide bonds. The van der Waals surface area contributed by atoms with Gasteiger partial charge in [-0.1, -0.05) is 0 Å². The standard InChI is InChI=1S/C25H30N6O/c1-16-12-21-22(13-17(16)2)28-20(18(3)26-21)6-7-23-29-24(27-19-8-11-32-15-19)14-25(30-23)31-9-4-5-10-31/h6-7,12-14,19H,4-5,8-11,15H2,1-3H3,(H,27,29,30)/b7-6+/t19-/m1/s1. The first-order chi connectivity index (χ1) is 15.5. The fraction of sp³-hybridized carbons (Fsp3) is 0.440. The number of anilines is 2. The van der Waals surface area contributed by atoms with Gasteiger partial charge in [0.25, 0.3) is 0 Å². The number of ether oxygens (including phenoxy) is 1. The summed E-state index contributed by atoms with van der Waals surface area (Å²) in [4.78, 5) is 21.5. The molecule has 2 aromatic heterocycles. The zero-order valence-electron chi connectivity index (χ0n) is 19.1. The Labute approximate surface area is 189 Å². The molecule has 0 aliphatic carbocycles. The Hall–Kier alpha value is -3.06. The number of hydrogen-bond acceptors (Lipinski definition) is 7. The lowest BCUT2D eigenvalue weighted by Crippen LogP contribution is -2.23. The fourth-order valence-electron chi connectivity index (χ4n) is 4.29. The van der Waals surface area contributed by atoms with Gasteiger partial charge in [-0.05, 0) is 75.4 Å². The van der Waals surface area contributed by atoms with Crippen LogP contribution in [0.3, 0.4) is 0 Å². The summed E-state index contributed by atoms with van der Waals surface area (Å²) in [6.45, 7) is 9.81. The molecule has 2 aliphatic rings. The third-order valence-electron chi connectivity index (χ3n) is 6.32. The summed E-state index contributed by atoms with van der Waals surface area (Å²) in [5, 5.41) is 3.53. The highest BCUT2D eigenvalue weighted by Gasteiger charge is 2.19. The lowest BCUT2D eigenvalue weighted by molar-refractivity contribution is 0.195. The summed E-state index contributed by atoms with van der Waals surface area (Å²) < 4.78 is 5.51. The van der Waals surface area contributed by atoms with E-state index in [4.69, 9.17) is 24.7 Å². The molecule has 0 radical (unpaired) electrons. The predicted octanol–water partition coefficient (Wildman–Crippen LogP) is 4.32. The normalized spacial score (nSPS) is 18.8. The van der Waals surface area contributed by atoms with Gasteiger partial charge in [0, 0.05) is 25.8 Å². The zero-order valence-corrected chi connectivity index (χ0v) is 19.1. The van der Waals surface area contributed by atoms with Crippen molar-refractivity contribution in [2.45, 2.75) is 46.1 Å². The van der Waals surface area contributed by atoms with Crippen LogP contribution in [-0.4, -0.2) is 52.3 Å². The third kappa shape index (κ3) is 4.43. The van der Waals surface area contributed by atoms with Crippen LogP contribution >= 0.6 is 0 Å². The van der Waals surface area contributed by atoms with Crippen molar-refractivity contribution in [3.8, 4) is 0 Å². The molecular formula is C25H30N6O. The van der Waals surface area contributed by atoms with Gasteiger partial charge in [-0.3, -0.25) is 0 Å². The third-order valence-corrected chi connectivity index (χ3v) is 6.32. The van der Waals surface area contributed by atoms with Gasteiger partial charge in [-0.15, -0.1) is 0 Å². The van der Waals surface area contributed by atoms with Crippen LogP contribution in [-0.2, 0) is 4.74 Å². The van der Waals surface area contributed by atoms with Crippen LogP contribution in [0, 0.1) is 20.8 Å². The van der Waals surface area contributed by atoms with Gasteiger partial charge in [0.15, 0.2) is 5.82 Å². The molecule has 2 saturated heterocycles. The van der Waals surface area contributed by atoms with E-state index in [2.05, 4.69) is 42.3 Å². The van der Waals surface area contributed by atoms with Gasteiger partial charge in [0.05, 0.1) is 35.1 Å². The average molecular weight is 431 g/mol. The molecule has 7 heteroatoms. The van der Waals surface area contributed by atoms with Crippen molar-refractivity contribution >= 4 is 34.8 Å². The molecule has 1 N–H and O–H groups in total. The van der Waals surface area contributed by atoms with E-state index in [1.165, 1.54) is 24.0 Å². The summed E-state index contributed by atoms with van der Waals surface area (Å²) in [5.41, 5.74) is 6.03. The van der Waals surface area contributed by atoms with Crippen LogP contribution in [0.1, 0.15) is 47.6 Å². The Morgan fingerprint density at radius 2 is 1.69 bits per heavy atom. The lowest BCUT2D eigenvalue weighted by atomic mass is 10.1. The molecule has 0 spiro atoms. The molecule has 1 atom stereocenters. The Bertz CT molecular complexity index is 1160. The minimum absolute atomic E-state index is 0.299. The zero-order chi connectivity index (χ0) is 22.1. The smallest absolute Gasteiger partial charge is 0.156 e. The second-order valence-electron chi connectivity index (χ2n) is 8.82. The number of hydrogen-bond donors (Lipinski definition) is 1. The van der Waals surface area contributed by atoms with Crippen LogP contribution in [0.4, 0.5) is 11.6 Å². The Balaban J connectivity index is 1.47. The number of rotatable bonds is 5. The van der Waals surface area contributed by atoms with Crippen LogP contribution in [0.2, 0.25) is 0 Å². The molecule has 5 rings (SSSR count). The Morgan fingerprint density at radius 1 is 0.938 bits per heavy atom. The van der Waals surface area contributed by atoms with Crippen molar-refractivity contribution in [2.75, 3.05) is 36.5 Å². The first-order valence-corrected chi connectivity index (χ1v) is 11.5. The first-order valence-electron chi connectivity index (χ1n) is 11.5. The van der Waals surface area contributed by atoms with Crippen molar-refractivity contribution in [1.29, 1.82) is 0 Å². The highest BCUT2D eigenvalue weighted by Crippen LogP contribution is 2.23. The molecule has 1 aromatic carbocycles. The van der Waals surface area contributed by atoms with Crippen molar-refractivity contribution in [3.05, 3.63) is 46.5 Å². The van der Waals surface area contributed by atoms with Gasteiger partial charge in [0.2, 0.25) is 0 Å². The molecule has 7 nitrogen and oxygen atoms in total. The van der Waals surface area contributed by atoms with Crippen LogP contribution in [0.25, 0.3) is 23.2 Å². The van der Waals surface area contributed by atoms with Gasteiger partial charge in [-0.25, -0.2) is 19.9 Å². The summed E-state index contributed by atoms with van der Waals surface area (Å²) in [7, 11) is 0. The van der Waals surface area contributed by atoms with Crippen molar-refractivity contribution in [3.63, 3.8) is 0 Å². The van der Waals surface area contributed by atoms with Crippen molar-refractivity contribution < 1.29 is 4.74 Å². The van der Waals surface area contributed by atoms with E-state index < -0.39 is 0 Å². The van der Waals surface area contributed by atoms with E-state index in [0.29, 0.717) is 11.9 Å². The van der Waals surface area contributed by atoms with Crippen LogP contribution in [0.5, 0.6) is 0 Å². The van der Waals surface area contributed by atoms with Gasteiger partial charge in [-0.2, -0.15) is 0 Å². The molecule has 0 unspecified atom stereocenters. The number of aromatic nitrogens is 4. The molecule has 166 valence electrons. The van der Waals surface area contributed by atoms with Gasteiger partial charge >= 0.3 is 0 Å². The number of benzene rings is 1. The highest BCUT2D eigenvalue weighted by molar-refractivity contribution is 5.79. The Morgan fingerprint density at radius 3 is 2.41 bits per heavy atom. The number of nitrogens with one attached hydrogen (secondary N) is 1. The second kappa shape index (κ2) is 8.82. The van der Waals surface area contributed by atoms with Crippen molar-refractivity contribution in [1.82, 2.24) is 19.9 Å². The molecule has 32 heavy (non-hydrogen) atoms. The minimum atomic E-state index is 0.299. The molecule has 0 saturated carbocycles. The summed E-state index contributed by atoms with van der Waals surface area (Å²) in [5.74, 6) is 2.51. The monoisotopic (exact) mass is 430 g/mol. The van der Waals surface area contributed by atoms with E-state index in [9.17, 15) is 0 Å². The average Bonchev–Trinajstić information content (AvgIpc) is 3.48. The molecule has 4 heterocycles. The predicted molar refractivity (Wildman–Crippen MR) is 129 cm³/mol. The topological polar surface area (TPSA) is 76.1 Å². The first kappa shape index (κ1) is 20.8. The molecule has 2 fully saturated rings. The Kier molecular flexibility index (Phi) is 5.74. The van der Waals surface area contributed by atoms with Crippen LogP contribution < -0.4 is 10.2 Å². The lowest BCUT2D eigenvalue weighted by Gasteiger charge is -2.19. The quantitative estimate of drug-likeness (QED) is 0.646. The van der Waals surface area contributed by atoms with Gasteiger partial charge in [0.1, 0.15) is 11.6 Å². The highest BCUT2D eigenvalue weighted by atomic mass is 16.5. The van der Waals surface area contributed by atoms with E-state index in [1.807, 2.05) is 19.1 Å². The maximum atomic E-state index is 5.51. The molecular weight excluding hydrogens is 400 g/mol. The fourth-order valence-corrected chi connectivity index (χ4v) is 4.29. The van der Waals surface area contributed by atoms with E-state index in [0.717, 1.165) is 66.8 Å². The summed E-state index contributed by atoms with van der Waals surface area (Å²) >= 11 is 0. The van der Waals surface area contributed by atoms with E-state index in [-0.39, 0.29) is 0 Å². The molecule has 3 aromatic rings. The summed E-state index contributed by atoms with van der Waals surface area (Å²) in [6.07, 6.45) is 7.33. The number of aryl methyl sites for hydroxylation is 3. The molecule has 0 bridgehead atoms. The number of nitrogens with zero attached hydrogens (tertiary/aromatic N) is 5. The maximum Gasteiger partial charge on any atom is 0.156 e. The van der Waals surface area contributed by atoms with Gasteiger partial charge < -0.3 is 15.0 Å². The van der Waals surface area contributed by atoms with E-state index in [1.54, 1.807) is 0 Å². The SMILES string of the molecule is Cc1cc2nc(C)c(/C=C/c3nc(N[C@@H]4CCOC4)cc(N4CCCC4)n3)nc2cc1C. The van der Waals surface area contributed by atoms with Crippen molar-refractivity contribution in [2.24, 2.45) is 0 Å². The second-order valence-corrected chi connectivity index (χ2v) is 8.82. The molecule has 2 aliphatic heterocycles. The summed E-state index contributed by atoms with van der Waals surface area (Å²) in [6, 6.07) is 6.57. The minimum Gasteiger partial charge on any atom is -0.379 e. The largest absolute Gasteiger partial charge is 0.379 e. The number of fused-ring (bicyclic) bond motifs is 1. The van der Waals surface area contributed by atoms with E-state index >= 15 is 0 Å². The maximum absolute atomic E-state index is 5.51.